The van der Waals surface area contributed by atoms with Crippen LogP contribution in [0, 0.1) is 0 Å². The lowest BCUT2D eigenvalue weighted by molar-refractivity contribution is 0.227. The number of hydrogen-bond acceptors (Lipinski definition) is 2. The van der Waals surface area contributed by atoms with E-state index < -0.39 is 6.43 Å². The van der Waals surface area contributed by atoms with Crippen molar-refractivity contribution < 1.29 is 8.78 Å². The van der Waals surface area contributed by atoms with Crippen LogP contribution in [-0.2, 0) is 0 Å². The zero-order chi connectivity index (χ0) is 8.55. The second-order valence-electron chi connectivity index (χ2n) is 2.55. The summed E-state index contributed by atoms with van der Waals surface area (Å²) in [4.78, 5) is 7.55. The minimum Gasteiger partial charge on any atom is -0.237 e. The van der Waals surface area contributed by atoms with Crippen molar-refractivity contribution in [2.75, 3.05) is 0 Å². The van der Waals surface area contributed by atoms with Gasteiger partial charge < -0.3 is 0 Å². The molecule has 0 fully saturated rings. The number of aliphatic imine (C=N–C) groups is 2. The molecule has 0 N–H and O–H groups in total. The molecule has 0 saturated carbocycles. The van der Waals surface area contributed by atoms with E-state index in [2.05, 4.69) is 9.98 Å². The number of nitrogens with zero attached hydrogens (tertiary/aromatic N) is 2. The average Bonchev–Trinajstić information content (AvgIpc) is 2.46. The van der Waals surface area contributed by atoms with Crippen LogP contribution in [0.3, 0.4) is 0 Å². The summed E-state index contributed by atoms with van der Waals surface area (Å²) >= 11 is 0. The lowest BCUT2D eigenvalue weighted by Gasteiger charge is -2.00. The standard InChI is InChI=1S/C8H6F2N2/c9-7(10)6-4-5-2-1-3-11-8(5)12-6/h1,3-4,7H,2H2. The lowest BCUT2D eigenvalue weighted by atomic mass is 10.1. The summed E-state index contributed by atoms with van der Waals surface area (Å²) in [6, 6.07) is 0. The molecule has 2 aliphatic heterocycles. The molecule has 0 aromatic carbocycles. The van der Waals surface area contributed by atoms with Gasteiger partial charge in [0, 0.05) is 11.8 Å². The molecule has 0 aromatic rings. The molecule has 62 valence electrons. The highest BCUT2D eigenvalue weighted by atomic mass is 19.3. The van der Waals surface area contributed by atoms with E-state index in [0.717, 1.165) is 5.57 Å². The van der Waals surface area contributed by atoms with Gasteiger partial charge in [0.15, 0.2) is 5.84 Å². The van der Waals surface area contributed by atoms with Crippen molar-refractivity contribution in [1.82, 2.24) is 0 Å². The van der Waals surface area contributed by atoms with Crippen LogP contribution in [-0.4, -0.2) is 18.0 Å². The topological polar surface area (TPSA) is 24.7 Å². The maximum absolute atomic E-state index is 12.1. The van der Waals surface area contributed by atoms with Gasteiger partial charge in [-0.15, -0.1) is 0 Å². The van der Waals surface area contributed by atoms with Crippen LogP contribution in [0.1, 0.15) is 6.42 Å². The Kier molecular flexibility index (Phi) is 1.60. The molecule has 2 heterocycles. The first-order valence-corrected chi connectivity index (χ1v) is 3.58. The molecule has 0 unspecified atom stereocenters. The molecular weight excluding hydrogens is 162 g/mol. The third kappa shape index (κ3) is 1.09. The van der Waals surface area contributed by atoms with E-state index in [0.29, 0.717) is 12.3 Å². The molecule has 0 radical (unpaired) electrons. The van der Waals surface area contributed by atoms with Crippen LogP contribution in [0.2, 0.25) is 0 Å². The summed E-state index contributed by atoms with van der Waals surface area (Å²) in [6.07, 6.45) is 2.97. The van der Waals surface area contributed by atoms with Gasteiger partial charge in [-0.3, -0.25) is 0 Å². The number of alkyl halides is 2. The molecule has 0 aromatic heterocycles. The van der Waals surface area contributed by atoms with Crippen LogP contribution in [0.4, 0.5) is 8.78 Å². The summed E-state index contributed by atoms with van der Waals surface area (Å²) in [6.45, 7) is 0. The van der Waals surface area contributed by atoms with E-state index in [1.807, 2.05) is 6.08 Å². The SMILES string of the molecule is FC(F)C1=NC2=NC=CCC2=C1. The van der Waals surface area contributed by atoms with Gasteiger partial charge in [-0.2, -0.15) is 0 Å². The highest BCUT2D eigenvalue weighted by Gasteiger charge is 2.21. The highest BCUT2D eigenvalue weighted by Crippen LogP contribution is 2.19. The first kappa shape index (κ1) is 7.34. The van der Waals surface area contributed by atoms with Crippen LogP contribution < -0.4 is 0 Å². The molecule has 0 spiro atoms. The number of rotatable bonds is 1. The van der Waals surface area contributed by atoms with Crippen molar-refractivity contribution in [1.29, 1.82) is 0 Å². The molecule has 0 aliphatic carbocycles. The van der Waals surface area contributed by atoms with E-state index in [4.69, 9.17) is 0 Å². The van der Waals surface area contributed by atoms with Crippen molar-refractivity contribution in [3.05, 3.63) is 23.9 Å². The molecular formula is C8H6F2N2. The fourth-order valence-electron chi connectivity index (χ4n) is 1.15. The number of halogens is 2. The Bertz CT molecular complexity index is 324. The number of amidine groups is 1. The van der Waals surface area contributed by atoms with Gasteiger partial charge in [0.25, 0.3) is 6.43 Å². The average molecular weight is 168 g/mol. The largest absolute Gasteiger partial charge is 0.280 e. The summed E-state index contributed by atoms with van der Waals surface area (Å²) in [5.41, 5.74) is 0.611. The molecule has 0 atom stereocenters. The van der Waals surface area contributed by atoms with E-state index in [-0.39, 0.29) is 5.71 Å². The quantitative estimate of drug-likeness (QED) is 0.571. The first-order valence-electron chi connectivity index (χ1n) is 3.58. The van der Waals surface area contributed by atoms with Gasteiger partial charge in [-0.05, 0) is 12.5 Å². The number of allylic oxidation sites excluding steroid dienone is 2. The van der Waals surface area contributed by atoms with Crippen molar-refractivity contribution in [3.8, 4) is 0 Å². The normalized spacial score (nSPS) is 20.4. The van der Waals surface area contributed by atoms with Crippen molar-refractivity contribution in [2.24, 2.45) is 9.98 Å². The second kappa shape index (κ2) is 2.62. The zero-order valence-corrected chi connectivity index (χ0v) is 6.17. The van der Waals surface area contributed by atoms with E-state index >= 15 is 0 Å². The monoisotopic (exact) mass is 168 g/mol. The molecule has 2 rings (SSSR count). The zero-order valence-electron chi connectivity index (χ0n) is 6.17. The smallest absolute Gasteiger partial charge is 0.237 e. The summed E-state index contributed by atoms with van der Waals surface area (Å²) < 4.78 is 24.3. The van der Waals surface area contributed by atoms with Crippen LogP contribution in [0.25, 0.3) is 0 Å². The molecule has 0 amide bonds. The lowest BCUT2D eigenvalue weighted by Crippen LogP contribution is -2.04. The summed E-state index contributed by atoms with van der Waals surface area (Å²) in [7, 11) is 0. The fourth-order valence-corrected chi connectivity index (χ4v) is 1.15. The van der Waals surface area contributed by atoms with Gasteiger partial charge in [-0.1, -0.05) is 6.08 Å². The van der Waals surface area contributed by atoms with Crippen molar-refractivity contribution in [3.63, 3.8) is 0 Å². The van der Waals surface area contributed by atoms with E-state index in [1.165, 1.54) is 6.08 Å². The van der Waals surface area contributed by atoms with Crippen molar-refractivity contribution in [2.45, 2.75) is 12.8 Å². The van der Waals surface area contributed by atoms with Crippen LogP contribution >= 0.6 is 0 Å². The Morgan fingerprint density at radius 1 is 1.42 bits per heavy atom. The molecule has 2 nitrogen and oxygen atoms in total. The van der Waals surface area contributed by atoms with Crippen molar-refractivity contribution >= 4 is 11.5 Å². The third-order valence-electron chi connectivity index (χ3n) is 1.71. The molecule has 4 heteroatoms. The first-order chi connectivity index (χ1) is 5.77. The molecule has 2 aliphatic rings. The Labute approximate surface area is 68.0 Å². The summed E-state index contributed by atoms with van der Waals surface area (Å²) in [5.74, 6) is 0.438. The minimum atomic E-state index is -2.49. The van der Waals surface area contributed by atoms with Gasteiger partial charge in [0.2, 0.25) is 0 Å². The van der Waals surface area contributed by atoms with Gasteiger partial charge in [-0.25, -0.2) is 18.8 Å². The maximum atomic E-state index is 12.1. The van der Waals surface area contributed by atoms with Gasteiger partial charge >= 0.3 is 0 Å². The fraction of sp³-hybridized carbons (Fsp3) is 0.250. The predicted octanol–water partition coefficient (Wildman–Crippen LogP) is 1.95. The highest BCUT2D eigenvalue weighted by molar-refractivity contribution is 6.19. The molecule has 0 bridgehead atoms. The van der Waals surface area contributed by atoms with Gasteiger partial charge in [0.1, 0.15) is 5.71 Å². The predicted molar refractivity (Wildman–Crippen MR) is 42.7 cm³/mol. The molecule has 12 heavy (non-hydrogen) atoms. The Morgan fingerprint density at radius 3 is 2.92 bits per heavy atom. The Balaban J connectivity index is 2.32. The third-order valence-corrected chi connectivity index (χ3v) is 1.71. The Morgan fingerprint density at radius 2 is 2.25 bits per heavy atom. The summed E-state index contributed by atoms with van der Waals surface area (Å²) in [5, 5.41) is 0. The minimum absolute atomic E-state index is 0.174. The Hall–Kier alpha value is -1.32. The van der Waals surface area contributed by atoms with E-state index in [9.17, 15) is 8.78 Å². The molecule has 0 saturated heterocycles. The second-order valence-corrected chi connectivity index (χ2v) is 2.55. The van der Waals surface area contributed by atoms with Crippen LogP contribution in [0.5, 0.6) is 0 Å². The number of hydrogen-bond donors (Lipinski definition) is 0. The maximum Gasteiger partial charge on any atom is 0.280 e. The van der Waals surface area contributed by atoms with Crippen LogP contribution in [0.15, 0.2) is 33.9 Å². The van der Waals surface area contributed by atoms with Gasteiger partial charge in [0.05, 0.1) is 0 Å². The van der Waals surface area contributed by atoms with E-state index in [1.54, 1.807) is 6.20 Å². The number of fused-ring (bicyclic) bond motifs is 1.